The zero-order chi connectivity index (χ0) is 29.1. The Kier molecular flexibility index (Phi) is 9.41. The zero-order valence-electron chi connectivity index (χ0n) is 23.3. The van der Waals surface area contributed by atoms with Crippen molar-refractivity contribution in [3.05, 3.63) is 75.0 Å². The van der Waals surface area contributed by atoms with E-state index in [2.05, 4.69) is 15.3 Å². The number of amides is 2. The molecule has 214 valence electrons. The van der Waals surface area contributed by atoms with Gasteiger partial charge in [0.05, 0.1) is 39.6 Å². The number of rotatable bonds is 8. The first kappa shape index (κ1) is 29.9. The molecule has 2 N–H and O–H groups in total. The van der Waals surface area contributed by atoms with Gasteiger partial charge in [-0.15, -0.1) is 0 Å². The normalized spacial score (nSPS) is 18.1. The summed E-state index contributed by atoms with van der Waals surface area (Å²) < 4.78 is 8.11. The maximum atomic E-state index is 13.7. The molecule has 0 bridgehead atoms. The molecule has 0 saturated carbocycles. The molecule has 1 aliphatic rings. The third kappa shape index (κ3) is 6.61. The van der Waals surface area contributed by atoms with Crippen LogP contribution in [0.25, 0.3) is 0 Å². The number of anilines is 1. The fraction of sp³-hybridized carbons (Fsp3) is 0.414. The fourth-order valence-corrected chi connectivity index (χ4v) is 5.21. The van der Waals surface area contributed by atoms with E-state index in [1.54, 1.807) is 42.3 Å². The van der Waals surface area contributed by atoms with Gasteiger partial charge in [-0.3, -0.25) is 19.2 Å². The molecular formula is C29H35Cl2N5O4. The molecule has 3 atom stereocenters. The van der Waals surface area contributed by atoms with Gasteiger partial charge in [0.15, 0.2) is 5.75 Å². The number of carbonyl (C=O) groups is 2. The van der Waals surface area contributed by atoms with Gasteiger partial charge >= 0.3 is 0 Å². The van der Waals surface area contributed by atoms with Crippen LogP contribution in [0.5, 0.6) is 5.75 Å². The average Bonchev–Trinajstić information content (AvgIpc) is 3.25. The number of aryl methyl sites for hydroxylation is 2. The summed E-state index contributed by atoms with van der Waals surface area (Å²) >= 11 is 12.3. The molecule has 1 aromatic heterocycles. The third-order valence-electron chi connectivity index (χ3n) is 7.10. The number of para-hydroxylation sites is 1. The van der Waals surface area contributed by atoms with E-state index < -0.39 is 6.04 Å². The second-order valence-electron chi connectivity index (χ2n) is 10.5. The van der Waals surface area contributed by atoms with E-state index >= 15 is 0 Å². The predicted octanol–water partition coefficient (Wildman–Crippen LogP) is 4.64. The smallest absolute Gasteiger partial charge is 0.274 e. The first-order chi connectivity index (χ1) is 19.0. The van der Waals surface area contributed by atoms with Gasteiger partial charge in [0.1, 0.15) is 11.8 Å². The van der Waals surface area contributed by atoms with E-state index in [1.807, 2.05) is 40.0 Å². The summed E-state index contributed by atoms with van der Waals surface area (Å²) in [5, 5.41) is 18.1. The van der Waals surface area contributed by atoms with E-state index in [0.29, 0.717) is 52.4 Å². The van der Waals surface area contributed by atoms with Gasteiger partial charge in [-0.2, -0.15) is 5.10 Å². The Morgan fingerprint density at radius 2 is 2.00 bits per heavy atom. The molecule has 9 nitrogen and oxygen atoms in total. The number of ether oxygens (including phenoxy) is 1. The summed E-state index contributed by atoms with van der Waals surface area (Å²) in [7, 11) is 3.68. The molecule has 0 radical (unpaired) electrons. The van der Waals surface area contributed by atoms with Crippen LogP contribution in [0.4, 0.5) is 5.69 Å². The highest BCUT2D eigenvalue weighted by molar-refractivity contribution is 6.42. The summed E-state index contributed by atoms with van der Waals surface area (Å²) in [5.41, 5.74) is 2.81. The molecule has 2 amide bonds. The minimum Gasteiger partial charge on any atom is -0.486 e. The molecule has 3 aromatic rings. The minimum absolute atomic E-state index is 0.0918. The van der Waals surface area contributed by atoms with Crippen molar-refractivity contribution in [2.45, 2.75) is 39.5 Å². The summed E-state index contributed by atoms with van der Waals surface area (Å²) in [6.07, 6.45) is -0.343. The Bertz CT molecular complexity index is 1390. The van der Waals surface area contributed by atoms with Crippen molar-refractivity contribution >= 4 is 40.7 Å². The van der Waals surface area contributed by atoms with Gasteiger partial charge in [0.2, 0.25) is 0 Å². The van der Waals surface area contributed by atoms with Crippen molar-refractivity contribution in [2.24, 2.45) is 13.0 Å². The Morgan fingerprint density at radius 1 is 1.25 bits per heavy atom. The predicted molar refractivity (Wildman–Crippen MR) is 156 cm³/mol. The monoisotopic (exact) mass is 587 g/mol. The van der Waals surface area contributed by atoms with Crippen LogP contribution in [0.3, 0.4) is 0 Å². The molecule has 1 aliphatic heterocycles. The molecule has 0 spiro atoms. The van der Waals surface area contributed by atoms with Gasteiger partial charge in [0.25, 0.3) is 11.8 Å². The van der Waals surface area contributed by atoms with Crippen LogP contribution in [0.15, 0.2) is 42.5 Å². The van der Waals surface area contributed by atoms with Crippen LogP contribution >= 0.6 is 23.2 Å². The Hall–Kier alpha value is -3.11. The van der Waals surface area contributed by atoms with Gasteiger partial charge in [-0.25, -0.2) is 0 Å². The van der Waals surface area contributed by atoms with Crippen molar-refractivity contribution in [1.82, 2.24) is 19.6 Å². The second kappa shape index (κ2) is 12.6. The summed E-state index contributed by atoms with van der Waals surface area (Å²) in [6.45, 7) is 7.00. The van der Waals surface area contributed by atoms with E-state index in [-0.39, 0.29) is 30.4 Å². The van der Waals surface area contributed by atoms with E-state index in [1.165, 1.54) is 4.68 Å². The Balaban J connectivity index is 1.67. The molecule has 11 heteroatoms. The molecule has 0 saturated heterocycles. The highest BCUT2D eigenvalue weighted by atomic mass is 35.5. The number of aromatic nitrogens is 2. The average molecular weight is 589 g/mol. The number of nitrogens with zero attached hydrogens (tertiary/aromatic N) is 4. The lowest BCUT2D eigenvalue weighted by Gasteiger charge is -2.38. The third-order valence-corrected chi connectivity index (χ3v) is 7.84. The van der Waals surface area contributed by atoms with Crippen molar-refractivity contribution in [2.75, 3.05) is 32.1 Å². The van der Waals surface area contributed by atoms with E-state index in [4.69, 9.17) is 27.9 Å². The first-order valence-electron chi connectivity index (χ1n) is 13.1. The highest BCUT2D eigenvalue weighted by Gasteiger charge is 2.34. The van der Waals surface area contributed by atoms with Crippen molar-refractivity contribution in [3.8, 4) is 5.75 Å². The van der Waals surface area contributed by atoms with Crippen LogP contribution in [0.1, 0.15) is 46.0 Å². The lowest BCUT2D eigenvalue weighted by molar-refractivity contribution is 0.0343. The number of carbonyl (C=O) groups excluding carboxylic acids is 2. The minimum atomic E-state index is -0.397. The molecule has 40 heavy (non-hydrogen) atoms. The maximum absolute atomic E-state index is 13.7. The molecule has 4 rings (SSSR count). The lowest BCUT2D eigenvalue weighted by atomic mass is 9.98. The quantitative estimate of drug-likeness (QED) is 0.398. The highest BCUT2D eigenvalue weighted by Crippen LogP contribution is 2.35. The van der Waals surface area contributed by atoms with Gasteiger partial charge in [-0.05, 0) is 56.8 Å². The van der Waals surface area contributed by atoms with Crippen LogP contribution in [-0.4, -0.2) is 75.4 Å². The number of benzene rings is 2. The van der Waals surface area contributed by atoms with Gasteiger partial charge in [-0.1, -0.05) is 42.3 Å². The summed E-state index contributed by atoms with van der Waals surface area (Å²) in [6, 6.07) is 12.0. The number of nitrogens with one attached hydrogen (secondary N) is 1. The van der Waals surface area contributed by atoms with Gasteiger partial charge in [0, 0.05) is 32.6 Å². The zero-order valence-corrected chi connectivity index (χ0v) is 24.8. The fourth-order valence-electron chi connectivity index (χ4n) is 4.89. The molecule has 0 unspecified atom stereocenters. The SMILES string of the molecule is Cc1cc(C(=O)Nc2cccc3c2O[C@@H](CN(C)Cc2ccc(Cl)c(Cl)c2)[C@H](C)CN([C@@H](C)CO)C3=O)n(C)n1. The number of halogens is 2. The first-order valence-corrected chi connectivity index (χ1v) is 13.9. The van der Waals surface area contributed by atoms with Crippen molar-refractivity contribution in [1.29, 1.82) is 0 Å². The standard InChI is InChI=1S/C29H35Cl2N5O4/c1-17-13-36(19(3)16-37)29(39)21-7-6-8-24(32-28(38)25-11-18(2)33-35(25)5)27(21)40-26(17)15-34(4)14-20-9-10-22(30)23(31)12-20/h6-12,17,19,26,37H,13-16H2,1-5H3,(H,32,38)/t17-,19+,26+/m1/s1. The summed E-state index contributed by atoms with van der Waals surface area (Å²) in [5.74, 6) is -0.421. The van der Waals surface area contributed by atoms with Crippen molar-refractivity contribution in [3.63, 3.8) is 0 Å². The molecule has 2 heterocycles. The van der Waals surface area contributed by atoms with Gasteiger partial charge < -0.3 is 20.1 Å². The number of hydrogen-bond acceptors (Lipinski definition) is 6. The molecule has 0 aliphatic carbocycles. The van der Waals surface area contributed by atoms with E-state index in [9.17, 15) is 14.7 Å². The molecular weight excluding hydrogens is 553 g/mol. The number of fused-ring (bicyclic) bond motifs is 1. The summed E-state index contributed by atoms with van der Waals surface area (Å²) in [4.78, 5) is 30.7. The maximum Gasteiger partial charge on any atom is 0.274 e. The van der Waals surface area contributed by atoms with Crippen LogP contribution in [0, 0.1) is 12.8 Å². The number of aliphatic hydroxyl groups is 1. The van der Waals surface area contributed by atoms with Crippen LogP contribution < -0.4 is 10.1 Å². The molecule has 2 aromatic carbocycles. The lowest BCUT2D eigenvalue weighted by Crippen LogP contribution is -2.49. The molecule has 0 fully saturated rings. The largest absolute Gasteiger partial charge is 0.486 e. The number of hydrogen-bond donors (Lipinski definition) is 2. The second-order valence-corrected chi connectivity index (χ2v) is 11.3. The van der Waals surface area contributed by atoms with Crippen LogP contribution in [-0.2, 0) is 13.6 Å². The Labute approximate surface area is 244 Å². The van der Waals surface area contributed by atoms with Crippen molar-refractivity contribution < 1.29 is 19.4 Å². The van der Waals surface area contributed by atoms with Crippen LogP contribution in [0.2, 0.25) is 10.0 Å². The Morgan fingerprint density at radius 3 is 2.65 bits per heavy atom. The number of likely N-dealkylation sites (N-methyl/N-ethyl adjacent to an activating group) is 1. The topological polar surface area (TPSA) is 99.9 Å². The number of aliphatic hydroxyl groups excluding tert-OH is 1. The van der Waals surface area contributed by atoms with E-state index in [0.717, 1.165) is 11.3 Å².